The van der Waals surface area contributed by atoms with Crippen molar-refractivity contribution in [1.82, 2.24) is 4.90 Å². The molecule has 3 fully saturated rings. The number of rotatable bonds is 3. The summed E-state index contributed by atoms with van der Waals surface area (Å²) >= 11 is 0. The van der Waals surface area contributed by atoms with E-state index >= 15 is 0 Å². The number of epoxide rings is 1. The Morgan fingerprint density at radius 3 is 2.56 bits per heavy atom. The van der Waals surface area contributed by atoms with Gasteiger partial charge in [-0.2, -0.15) is 0 Å². The lowest BCUT2D eigenvalue weighted by atomic mass is 9.79. The molecule has 0 aromatic carbocycles. The minimum absolute atomic E-state index is 0.106. The molecule has 5 aliphatic rings. The molecule has 1 saturated carbocycles. The molecule has 176 valence electrons. The fourth-order valence-corrected chi connectivity index (χ4v) is 6.21. The van der Waals surface area contributed by atoms with Crippen molar-refractivity contribution in [2.45, 2.75) is 88.4 Å². The van der Waals surface area contributed by atoms with Crippen LogP contribution in [0.4, 0.5) is 0 Å². The van der Waals surface area contributed by atoms with Crippen molar-refractivity contribution in [2.75, 3.05) is 14.1 Å². The number of fused-ring (bicyclic) bond motifs is 4. The molecule has 32 heavy (non-hydrogen) atoms. The number of likely N-dealkylation sites (N-methyl/N-ethyl adjacent to an activating group) is 1. The van der Waals surface area contributed by atoms with Gasteiger partial charge in [-0.1, -0.05) is 26.2 Å². The normalized spacial score (nSPS) is 43.7. The second-order valence-corrected chi connectivity index (χ2v) is 10.5. The van der Waals surface area contributed by atoms with Crippen LogP contribution in [0.1, 0.15) is 52.4 Å². The second-order valence-electron chi connectivity index (χ2n) is 10.5. The molecule has 2 aliphatic carbocycles. The summed E-state index contributed by atoms with van der Waals surface area (Å²) in [6.07, 6.45) is 5.20. The Balaban J connectivity index is 1.50. The lowest BCUT2D eigenvalue weighted by Gasteiger charge is -2.33. The fraction of sp³-hybridized carbons (Fsp3) is 0.792. The highest BCUT2D eigenvalue weighted by atomic mass is 16.6. The maximum atomic E-state index is 13.1. The summed E-state index contributed by atoms with van der Waals surface area (Å²) in [6.45, 7) is 3.80. The van der Waals surface area contributed by atoms with Crippen molar-refractivity contribution in [3.63, 3.8) is 0 Å². The topological polar surface area (TPSA) is 94.7 Å². The van der Waals surface area contributed by atoms with Gasteiger partial charge in [0, 0.05) is 12.3 Å². The number of carbonyl (C=O) groups is 3. The molecule has 0 aromatic heterocycles. The molecule has 1 unspecified atom stereocenters. The van der Waals surface area contributed by atoms with E-state index in [4.69, 9.17) is 18.9 Å². The first-order valence-electron chi connectivity index (χ1n) is 11.9. The molecule has 2 saturated heterocycles. The molecule has 2 bridgehead atoms. The lowest BCUT2D eigenvalue weighted by Crippen LogP contribution is -2.49. The van der Waals surface area contributed by atoms with Gasteiger partial charge in [-0.15, -0.1) is 0 Å². The second kappa shape index (κ2) is 7.83. The largest absolute Gasteiger partial charge is 0.462 e. The van der Waals surface area contributed by atoms with Crippen molar-refractivity contribution >= 4 is 17.9 Å². The first-order valence-corrected chi connectivity index (χ1v) is 11.9. The zero-order valence-electron chi connectivity index (χ0n) is 19.2. The first kappa shape index (κ1) is 21.9. The number of carbonyl (C=O) groups excluding carboxylic acids is 3. The summed E-state index contributed by atoms with van der Waals surface area (Å²) in [5.41, 5.74) is -0.133. The lowest BCUT2D eigenvalue weighted by molar-refractivity contribution is -0.160. The molecule has 8 heteroatoms. The number of esters is 3. The van der Waals surface area contributed by atoms with E-state index in [-0.39, 0.29) is 35.8 Å². The van der Waals surface area contributed by atoms with Gasteiger partial charge in [0.2, 0.25) is 0 Å². The summed E-state index contributed by atoms with van der Waals surface area (Å²) in [4.78, 5) is 40.4. The molecule has 8 atom stereocenters. The van der Waals surface area contributed by atoms with Crippen molar-refractivity contribution in [3.05, 3.63) is 11.6 Å². The molecule has 8 nitrogen and oxygen atoms in total. The van der Waals surface area contributed by atoms with E-state index in [2.05, 4.69) is 0 Å². The van der Waals surface area contributed by atoms with Crippen LogP contribution in [-0.4, -0.2) is 73.0 Å². The summed E-state index contributed by atoms with van der Waals surface area (Å²) in [7, 11) is 3.74. The Morgan fingerprint density at radius 1 is 1.16 bits per heavy atom. The van der Waals surface area contributed by atoms with Gasteiger partial charge in [-0.05, 0) is 39.9 Å². The van der Waals surface area contributed by atoms with Crippen LogP contribution in [0, 0.1) is 17.8 Å². The zero-order valence-corrected chi connectivity index (χ0v) is 19.2. The maximum Gasteiger partial charge on any atom is 0.336 e. The highest BCUT2D eigenvalue weighted by Gasteiger charge is 2.65. The molecule has 0 aromatic rings. The van der Waals surface area contributed by atoms with Gasteiger partial charge in [0.25, 0.3) is 0 Å². The standard InChI is InChI=1S/C24H33NO7/c1-12-17-15-10-14(23(28)29-15)18(25(3)4)19(31-22(27)13-8-6-5-7-9-13)20-24(2,32-20)11-16(17)30-21(12)26/h10,12-13,15-20H,5-9,11H2,1-4H3/t12?,15-,16+,17+,18+,19-,20+,24+/m1/s1. The molecule has 0 amide bonds. The average molecular weight is 448 g/mol. The summed E-state index contributed by atoms with van der Waals surface area (Å²) in [5.74, 6) is -1.64. The van der Waals surface area contributed by atoms with E-state index in [1.54, 1.807) is 0 Å². The van der Waals surface area contributed by atoms with Crippen molar-refractivity contribution in [2.24, 2.45) is 17.8 Å². The van der Waals surface area contributed by atoms with Crippen LogP contribution >= 0.6 is 0 Å². The average Bonchev–Trinajstić information content (AvgIpc) is 3.14. The Kier molecular flexibility index (Phi) is 5.36. The van der Waals surface area contributed by atoms with E-state index < -0.39 is 35.9 Å². The third-order valence-corrected chi connectivity index (χ3v) is 8.07. The van der Waals surface area contributed by atoms with Crippen molar-refractivity contribution < 1.29 is 33.3 Å². The smallest absolute Gasteiger partial charge is 0.336 e. The summed E-state index contributed by atoms with van der Waals surface area (Å²) in [6, 6.07) is -0.489. The third-order valence-electron chi connectivity index (χ3n) is 8.07. The highest BCUT2D eigenvalue weighted by molar-refractivity contribution is 5.93. The molecule has 3 heterocycles. The molecule has 5 rings (SSSR count). The molecular formula is C24H33NO7. The number of nitrogens with zero attached hydrogens (tertiary/aromatic N) is 1. The predicted octanol–water partition coefficient (Wildman–Crippen LogP) is 2.00. The Bertz CT molecular complexity index is 847. The van der Waals surface area contributed by atoms with E-state index in [0.29, 0.717) is 12.0 Å². The molecule has 0 N–H and O–H groups in total. The quantitative estimate of drug-likeness (QED) is 0.368. The SMILES string of the molecule is CC1C(=O)O[C@H]2C[C@]3(C)O[C@H]3[C@H](OC(=O)C3CCCCC3)[C@@H](N(C)C)C3=C[C@@H](OC3=O)[C@H]12. The maximum absolute atomic E-state index is 13.1. The van der Waals surface area contributed by atoms with Crippen LogP contribution in [0.5, 0.6) is 0 Å². The Hall–Kier alpha value is -1.93. The Morgan fingerprint density at radius 2 is 1.88 bits per heavy atom. The van der Waals surface area contributed by atoms with E-state index in [1.807, 2.05) is 38.9 Å². The van der Waals surface area contributed by atoms with Crippen LogP contribution in [-0.2, 0) is 33.3 Å². The first-order chi connectivity index (χ1) is 15.2. The van der Waals surface area contributed by atoms with E-state index in [0.717, 1.165) is 32.1 Å². The van der Waals surface area contributed by atoms with Gasteiger partial charge in [-0.3, -0.25) is 14.5 Å². The summed E-state index contributed by atoms with van der Waals surface area (Å²) in [5, 5.41) is 0. The van der Waals surface area contributed by atoms with Crippen molar-refractivity contribution in [1.29, 1.82) is 0 Å². The predicted molar refractivity (Wildman–Crippen MR) is 112 cm³/mol. The zero-order chi connectivity index (χ0) is 22.8. The van der Waals surface area contributed by atoms with Crippen LogP contribution < -0.4 is 0 Å². The molecular weight excluding hydrogens is 414 g/mol. The van der Waals surface area contributed by atoms with Crippen LogP contribution in [0.3, 0.4) is 0 Å². The minimum Gasteiger partial charge on any atom is -0.462 e. The fourth-order valence-electron chi connectivity index (χ4n) is 6.21. The van der Waals surface area contributed by atoms with E-state index in [1.165, 1.54) is 0 Å². The minimum atomic E-state index is -0.645. The van der Waals surface area contributed by atoms with Gasteiger partial charge < -0.3 is 18.9 Å². The van der Waals surface area contributed by atoms with Gasteiger partial charge in [0.1, 0.15) is 18.3 Å². The number of ether oxygens (including phenoxy) is 4. The summed E-state index contributed by atoms with van der Waals surface area (Å²) < 4.78 is 23.7. The van der Waals surface area contributed by atoms with Crippen LogP contribution in [0.15, 0.2) is 11.6 Å². The molecule has 3 aliphatic heterocycles. The van der Waals surface area contributed by atoms with Gasteiger partial charge in [-0.25, -0.2) is 4.79 Å². The Labute approximate surface area is 188 Å². The van der Waals surface area contributed by atoms with Crippen LogP contribution in [0.25, 0.3) is 0 Å². The van der Waals surface area contributed by atoms with Crippen LogP contribution in [0.2, 0.25) is 0 Å². The number of hydrogen-bond donors (Lipinski definition) is 0. The van der Waals surface area contributed by atoms with Crippen molar-refractivity contribution in [3.8, 4) is 0 Å². The third kappa shape index (κ3) is 3.55. The van der Waals surface area contributed by atoms with Gasteiger partial charge in [0.15, 0.2) is 6.10 Å². The highest BCUT2D eigenvalue weighted by Crippen LogP contribution is 2.51. The molecule has 0 radical (unpaired) electrons. The number of hydrogen-bond acceptors (Lipinski definition) is 8. The monoisotopic (exact) mass is 447 g/mol. The van der Waals surface area contributed by atoms with Gasteiger partial charge >= 0.3 is 17.9 Å². The van der Waals surface area contributed by atoms with E-state index in [9.17, 15) is 14.4 Å². The molecule has 0 spiro atoms. The van der Waals surface area contributed by atoms with Gasteiger partial charge in [0.05, 0.1) is 29.1 Å².